The Morgan fingerprint density at radius 1 is 0.447 bits per heavy atom. The Kier molecular flexibility index (Phi) is 6.82. The summed E-state index contributed by atoms with van der Waals surface area (Å²) in [5, 5.41) is 9.79. The highest BCUT2D eigenvalue weighted by Crippen LogP contribution is 2.50. The number of nitrogens with zero attached hydrogens (tertiary/aromatic N) is 4. The second-order valence-corrected chi connectivity index (χ2v) is 12.4. The third-order valence-corrected chi connectivity index (χ3v) is 9.19. The second-order valence-electron chi connectivity index (χ2n) is 12.4. The van der Waals surface area contributed by atoms with E-state index >= 15 is 0 Å². The van der Waals surface area contributed by atoms with Crippen molar-refractivity contribution in [1.29, 1.82) is 5.26 Å². The molecule has 6 aromatic carbocycles. The molecule has 4 nitrogen and oxygen atoms in total. The van der Waals surface area contributed by atoms with Crippen molar-refractivity contribution in [3.05, 3.63) is 162 Å². The van der Waals surface area contributed by atoms with Gasteiger partial charge in [0.1, 0.15) is 0 Å². The Morgan fingerprint density at radius 3 is 1.53 bits per heavy atom. The predicted octanol–water partition coefficient (Wildman–Crippen LogP) is 10.4. The molecule has 1 heterocycles. The molecule has 0 fully saturated rings. The molecular weight excluding hydrogens is 573 g/mol. The van der Waals surface area contributed by atoms with Gasteiger partial charge >= 0.3 is 0 Å². The van der Waals surface area contributed by atoms with Crippen molar-refractivity contribution in [2.24, 2.45) is 0 Å². The molecule has 0 N–H and O–H groups in total. The Labute approximate surface area is 274 Å². The minimum atomic E-state index is -0.177. The molecule has 8 rings (SSSR count). The highest BCUT2D eigenvalue weighted by Gasteiger charge is 2.36. The Hall–Kier alpha value is -6.18. The molecule has 0 aliphatic heterocycles. The van der Waals surface area contributed by atoms with Crippen molar-refractivity contribution < 1.29 is 0 Å². The van der Waals surface area contributed by atoms with E-state index in [9.17, 15) is 5.26 Å². The van der Waals surface area contributed by atoms with Gasteiger partial charge in [-0.2, -0.15) is 5.26 Å². The van der Waals surface area contributed by atoms with Crippen LogP contribution in [-0.2, 0) is 5.41 Å². The van der Waals surface area contributed by atoms with Gasteiger partial charge < -0.3 is 0 Å². The first-order chi connectivity index (χ1) is 23.0. The second kappa shape index (κ2) is 11.3. The van der Waals surface area contributed by atoms with Gasteiger partial charge in [0.25, 0.3) is 0 Å². The summed E-state index contributed by atoms with van der Waals surface area (Å²) in [6.45, 7) is 4.49. The zero-order chi connectivity index (χ0) is 32.0. The van der Waals surface area contributed by atoms with E-state index < -0.39 is 0 Å². The van der Waals surface area contributed by atoms with Gasteiger partial charge in [0.2, 0.25) is 0 Å². The average molecular weight is 603 g/mol. The highest BCUT2D eigenvalue weighted by molar-refractivity contribution is 5.87. The largest absolute Gasteiger partial charge is 0.208 e. The summed E-state index contributed by atoms with van der Waals surface area (Å²) in [6, 6.07) is 52.3. The zero-order valence-electron chi connectivity index (χ0n) is 26.1. The maximum atomic E-state index is 9.79. The summed E-state index contributed by atoms with van der Waals surface area (Å²) in [5.41, 5.74) is 12.6. The molecule has 0 spiro atoms. The maximum Gasteiger partial charge on any atom is 0.164 e. The molecule has 0 saturated carbocycles. The molecule has 0 radical (unpaired) electrons. The Bertz CT molecular complexity index is 2260. The van der Waals surface area contributed by atoms with Crippen molar-refractivity contribution in [1.82, 2.24) is 15.0 Å². The van der Waals surface area contributed by atoms with Crippen LogP contribution in [0.2, 0.25) is 0 Å². The molecule has 47 heavy (non-hydrogen) atoms. The fourth-order valence-corrected chi connectivity index (χ4v) is 6.69. The first kappa shape index (κ1) is 28.3. The molecule has 0 unspecified atom stereocenters. The van der Waals surface area contributed by atoms with Gasteiger partial charge in [0.05, 0.1) is 11.6 Å². The number of aromatic nitrogens is 3. The van der Waals surface area contributed by atoms with Gasteiger partial charge in [-0.05, 0) is 57.1 Å². The number of fused-ring (bicyclic) bond motifs is 3. The molecule has 0 amide bonds. The number of hydrogen-bond donors (Lipinski definition) is 0. The number of benzene rings is 6. The number of nitriles is 1. The van der Waals surface area contributed by atoms with Crippen LogP contribution in [0.4, 0.5) is 0 Å². The van der Waals surface area contributed by atoms with Gasteiger partial charge in [0, 0.05) is 27.7 Å². The molecule has 1 aliphatic rings. The van der Waals surface area contributed by atoms with Crippen LogP contribution >= 0.6 is 0 Å². The van der Waals surface area contributed by atoms with Crippen LogP contribution in [-0.4, -0.2) is 15.0 Å². The van der Waals surface area contributed by atoms with Crippen molar-refractivity contribution in [2.75, 3.05) is 0 Å². The summed E-state index contributed by atoms with van der Waals surface area (Å²) in [4.78, 5) is 14.7. The third kappa shape index (κ3) is 4.99. The van der Waals surface area contributed by atoms with Crippen molar-refractivity contribution in [2.45, 2.75) is 19.3 Å². The molecule has 1 aromatic heterocycles. The number of hydrogen-bond acceptors (Lipinski definition) is 4. The lowest BCUT2D eigenvalue weighted by molar-refractivity contribution is 0.660. The molecule has 222 valence electrons. The Balaban J connectivity index is 1.14. The van der Waals surface area contributed by atoms with Crippen LogP contribution in [0, 0.1) is 11.3 Å². The average Bonchev–Trinajstić information content (AvgIpc) is 3.38. The normalized spacial score (nSPS) is 12.6. The summed E-state index contributed by atoms with van der Waals surface area (Å²) in [7, 11) is 0. The zero-order valence-corrected chi connectivity index (χ0v) is 26.1. The lowest BCUT2D eigenvalue weighted by Crippen LogP contribution is -2.15. The van der Waals surface area contributed by atoms with Gasteiger partial charge in [-0.1, -0.05) is 141 Å². The molecule has 4 heteroatoms. The Morgan fingerprint density at radius 2 is 0.936 bits per heavy atom. The molecule has 1 aliphatic carbocycles. The van der Waals surface area contributed by atoms with Gasteiger partial charge in [-0.15, -0.1) is 0 Å². The summed E-state index contributed by atoms with van der Waals surface area (Å²) in [5.74, 6) is 1.93. The van der Waals surface area contributed by atoms with Crippen LogP contribution < -0.4 is 0 Å². The van der Waals surface area contributed by atoms with E-state index in [4.69, 9.17) is 15.0 Å². The summed E-state index contributed by atoms with van der Waals surface area (Å²) in [6.07, 6.45) is 0. The lowest BCUT2D eigenvalue weighted by Gasteiger charge is -2.22. The van der Waals surface area contributed by atoms with Crippen LogP contribution in [0.3, 0.4) is 0 Å². The molecule has 7 aromatic rings. The lowest BCUT2D eigenvalue weighted by atomic mass is 9.81. The van der Waals surface area contributed by atoms with Gasteiger partial charge in [-0.25, -0.2) is 15.0 Å². The standard InChI is InChI=1S/C43H30N4/c1-43(2)37-18-10-17-35(27-44)39(37)36-24-23-33(26-38(36)43)29-21-19-28(20-22-29)32-15-9-16-34(25-32)42-46-40(30-11-5-3-6-12-30)45-41(47-42)31-13-7-4-8-14-31/h3-26H,1-2H3. The van der Waals surface area contributed by atoms with E-state index in [0.717, 1.165) is 55.6 Å². The van der Waals surface area contributed by atoms with Crippen LogP contribution in [0.25, 0.3) is 67.5 Å². The molecular formula is C43H30N4. The third-order valence-electron chi connectivity index (χ3n) is 9.19. The van der Waals surface area contributed by atoms with Crippen LogP contribution in [0.15, 0.2) is 146 Å². The maximum absolute atomic E-state index is 9.79. The van der Waals surface area contributed by atoms with E-state index in [-0.39, 0.29) is 5.41 Å². The fraction of sp³-hybridized carbons (Fsp3) is 0.0698. The molecule has 0 saturated heterocycles. The van der Waals surface area contributed by atoms with Gasteiger partial charge in [0.15, 0.2) is 17.5 Å². The van der Waals surface area contributed by atoms with Gasteiger partial charge in [-0.3, -0.25) is 0 Å². The minimum absolute atomic E-state index is 0.177. The van der Waals surface area contributed by atoms with E-state index in [1.54, 1.807) is 0 Å². The fourth-order valence-electron chi connectivity index (χ4n) is 6.69. The van der Waals surface area contributed by atoms with Crippen molar-refractivity contribution >= 4 is 0 Å². The minimum Gasteiger partial charge on any atom is -0.208 e. The van der Waals surface area contributed by atoms with Crippen LogP contribution in [0.1, 0.15) is 30.5 Å². The van der Waals surface area contributed by atoms with E-state index in [0.29, 0.717) is 17.5 Å². The van der Waals surface area contributed by atoms with E-state index in [2.05, 4.69) is 92.7 Å². The topological polar surface area (TPSA) is 62.5 Å². The van der Waals surface area contributed by atoms with E-state index in [1.807, 2.05) is 72.8 Å². The molecule has 0 atom stereocenters. The van der Waals surface area contributed by atoms with Crippen molar-refractivity contribution in [3.63, 3.8) is 0 Å². The quantitative estimate of drug-likeness (QED) is 0.197. The first-order valence-corrected chi connectivity index (χ1v) is 15.8. The first-order valence-electron chi connectivity index (χ1n) is 15.8. The summed E-state index contributed by atoms with van der Waals surface area (Å²) >= 11 is 0. The van der Waals surface area contributed by atoms with Crippen molar-refractivity contribution in [3.8, 4) is 73.6 Å². The predicted molar refractivity (Wildman–Crippen MR) is 189 cm³/mol. The monoisotopic (exact) mass is 602 g/mol. The highest BCUT2D eigenvalue weighted by atomic mass is 15.0. The smallest absolute Gasteiger partial charge is 0.164 e. The SMILES string of the molecule is CC1(C)c2cc(-c3ccc(-c4cccc(-c5nc(-c6ccccc6)nc(-c6ccccc6)n5)c4)cc3)ccc2-c2c(C#N)cccc21. The van der Waals surface area contributed by atoms with E-state index in [1.165, 1.54) is 11.1 Å². The molecule has 0 bridgehead atoms. The summed E-state index contributed by atoms with van der Waals surface area (Å²) < 4.78 is 0. The van der Waals surface area contributed by atoms with Crippen LogP contribution in [0.5, 0.6) is 0 Å². The number of rotatable bonds is 5.